The van der Waals surface area contributed by atoms with Crippen LogP contribution in [0.4, 0.5) is 0 Å². The summed E-state index contributed by atoms with van der Waals surface area (Å²) in [7, 11) is 0. The van der Waals surface area contributed by atoms with Gasteiger partial charge in [0.2, 0.25) is 5.91 Å². The molecule has 0 N–H and O–H groups in total. The summed E-state index contributed by atoms with van der Waals surface area (Å²) < 4.78 is 0. The van der Waals surface area contributed by atoms with Gasteiger partial charge in [-0.05, 0) is 41.0 Å². The topological polar surface area (TPSA) is 53.5 Å². The molecule has 4 rings (SSSR count). The molecule has 1 fully saturated rings. The van der Waals surface area contributed by atoms with Gasteiger partial charge < -0.3 is 9.80 Å². The Labute approximate surface area is 182 Å². The van der Waals surface area contributed by atoms with Crippen molar-refractivity contribution in [2.24, 2.45) is 0 Å². The molecule has 1 saturated heterocycles. The van der Waals surface area contributed by atoms with E-state index in [1.807, 2.05) is 48.5 Å². The fourth-order valence-corrected chi connectivity index (χ4v) is 4.01. The van der Waals surface area contributed by atoms with Crippen molar-refractivity contribution in [2.75, 3.05) is 19.6 Å². The molecule has 1 aromatic heterocycles. The summed E-state index contributed by atoms with van der Waals surface area (Å²) in [6.07, 6.45) is 5.72. The molecule has 2 aromatic carbocycles. The Morgan fingerprint density at radius 2 is 1.77 bits per heavy atom. The highest BCUT2D eigenvalue weighted by Gasteiger charge is 2.37. The lowest BCUT2D eigenvalue weighted by molar-refractivity contribution is -0.139. The van der Waals surface area contributed by atoms with Crippen molar-refractivity contribution in [3.8, 4) is 11.1 Å². The minimum atomic E-state index is -0.547. The number of piperazine rings is 1. The Kier molecular flexibility index (Phi) is 6.22. The summed E-state index contributed by atoms with van der Waals surface area (Å²) in [6.45, 7) is 5.26. The van der Waals surface area contributed by atoms with E-state index >= 15 is 0 Å². The van der Waals surface area contributed by atoms with E-state index < -0.39 is 6.04 Å². The highest BCUT2D eigenvalue weighted by molar-refractivity contribution is 5.98. The lowest BCUT2D eigenvalue weighted by Crippen LogP contribution is -2.59. The van der Waals surface area contributed by atoms with Crippen LogP contribution >= 0.6 is 0 Å². The summed E-state index contributed by atoms with van der Waals surface area (Å²) in [6, 6.07) is 20.7. The zero-order valence-electron chi connectivity index (χ0n) is 17.4. The SMILES string of the molecule is C=CCN1CCN(C(=O)c2ccccc2)C(Cc2cccc(-c3ccncc3)c2)C1=O. The molecule has 0 aliphatic carbocycles. The van der Waals surface area contributed by atoms with E-state index in [0.717, 1.165) is 16.7 Å². The number of carbonyl (C=O) groups is 2. The lowest BCUT2D eigenvalue weighted by atomic mass is 9.97. The summed E-state index contributed by atoms with van der Waals surface area (Å²) in [4.78, 5) is 34.1. The Morgan fingerprint density at radius 1 is 1.00 bits per heavy atom. The first-order valence-electron chi connectivity index (χ1n) is 10.4. The highest BCUT2D eigenvalue weighted by atomic mass is 16.2. The van der Waals surface area contributed by atoms with Crippen LogP contribution in [0.15, 0.2) is 91.8 Å². The van der Waals surface area contributed by atoms with Gasteiger partial charge in [0.15, 0.2) is 0 Å². The lowest BCUT2D eigenvalue weighted by Gasteiger charge is -2.40. The van der Waals surface area contributed by atoms with Crippen LogP contribution in [0.5, 0.6) is 0 Å². The molecule has 156 valence electrons. The van der Waals surface area contributed by atoms with Crippen molar-refractivity contribution in [3.05, 3.63) is 103 Å². The van der Waals surface area contributed by atoms with E-state index in [4.69, 9.17) is 0 Å². The third-order valence-corrected chi connectivity index (χ3v) is 5.58. The molecular formula is C26H25N3O2. The molecule has 5 heteroatoms. The van der Waals surface area contributed by atoms with Crippen molar-refractivity contribution >= 4 is 11.8 Å². The molecule has 0 saturated carbocycles. The predicted octanol–water partition coefficient (Wildman–Crippen LogP) is 3.83. The van der Waals surface area contributed by atoms with Gasteiger partial charge in [-0.1, -0.05) is 48.5 Å². The molecule has 5 nitrogen and oxygen atoms in total. The molecule has 1 atom stereocenters. The van der Waals surface area contributed by atoms with Crippen molar-refractivity contribution in [1.29, 1.82) is 0 Å². The third kappa shape index (κ3) is 4.56. The number of benzene rings is 2. The number of carbonyl (C=O) groups excluding carboxylic acids is 2. The summed E-state index contributed by atoms with van der Waals surface area (Å²) in [5.74, 6) is -0.146. The summed E-state index contributed by atoms with van der Waals surface area (Å²) >= 11 is 0. The Bertz CT molecular complexity index is 1070. The van der Waals surface area contributed by atoms with Crippen LogP contribution in [0.3, 0.4) is 0 Å². The third-order valence-electron chi connectivity index (χ3n) is 5.58. The second-order valence-electron chi connectivity index (χ2n) is 7.59. The standard InChI is InChI=1S/C26H25N3O2/c1-2-15-28-16-17-29(25(30)22-8-4-3-5-9-22)24(26(28)31)19-20-7-6-10-23(18-20)21-11-13-27-14-12-21/h2-14,18,24H,1,15-17,19H2. The zero-order chi connectivity index (χ0) is 21.6. The van der Waals surface area contributed by atoms with Crippen LogP contribution < -0.4 is 0 Å². The van der Waals surface area contributed by atoms with Crippen molar-refractivity contribution in [3.63, 3.8) is 0 Å². The van der Waals surface area contributed by atoms with Crippen LogP contribution in [0.2, 0.25) is 0 Å². The van der Waals surface area contributed by atoms with E-state index in [2.05, 4.69) is 17.6 Å². The van der Waals surface area contributed by atoms with Gasteiger partial charge in [-0.15, -0.1) is 6.58 Å². The van der Waals surface area contributed by atoms with Gasteiger partial charge in [0.05, 0.1) is 0 Å². The van der Waals surface area contributed by atoms with Gasteiger partial charge in [-0.3, -0.25) is 14.6 Å². The minimum absolute atomic E-state index is 0.0373. The largest absolute Gasteiger partial charge is 0.335 e. The molecular weight excluding hydrogens is 386 g/mol. The van der Waals surface area contributed by atoms with E-state index in [-0.39, 0.29) is 11.8 Å². The van der Waals surface area contributed by atoms with Crippen molar-refractivity contribution in [1.82, 2.24) is 14.8 Å². The maximum absolute atomic E-state index is 13.3. The highest BCUT2D eigenvalue weighted by Crippen LogP contribution is 2.23. The number of nitrogens with zero attached hydrogens (tertiary/aromatic N) is 3. The van der Waals surface area contributed by atoms with Crippen molar-refractivity contribution < 1.29 is 9.59 Å². The second-order valence-corrected chi connectivity index (χ2v) is 7.59. The summed E-state index contributed by atoms with van der Waals surface area (Å²) in [5, 5.41) is 0. The fourth-order valence-electron chi connectivity index (χ4n) is 4.01. The zero-order valence-corrected chi connectivity index (χ0v) is 17.4. The van der Waals surface area contributed by atoms with Crippen LogP contribution in [-0.2, 0) is 11.2 Å². The Balaban J connectivity index is 1.63. The molecule has 0 radical (unpaired) electrons. The van der Waals surface area contributed by atoms with E-state index in [1.54, 1.807) is 40.4 Å². The van der Waals surface area contributed by atoms with Crippen LogP contribution in [0.25, 0.3) is 11.1 Å². The monoisotopic (exact) mass is 411 g/mol. The molecule has 2 amide bonds. The van der Waals surface area contributed by atoms with Gasteiger partial charge in [0, 0.05) is 44.0 Å². The number of hydrogen-bond donors (Lipinski definition) is 0. The first-order valence-corrected chi connectivity index (χ1v) is 10.4. The molecule has 0 spiro atoms. The molecule has 3 aromatic rings. The average molecular weight is 412 g/mol. The van der Waals surface area contributed by atoms with Gasteiger partial charge >= 0.3 is 0 Å². The Morgan fingerprint density at radius 3 is 2.52 bits per heavy atom. The van der Waals surface area contributed by atoms with Gasteiger partial charge in [-0.2, -0.15) is 0 Å². The Hall–Kier alpha value is -3.73. The normalized spacial score (nSPS) is 16.3. The molecule has 2 heterocycles. The maximum atomic E-state index is 13.3. The minimum Gasteiger partial charge on any atom is -0.335 e. The van der Waals surface area contributed by atoms with Gasteiger partial charge in [-0.25, -0.2) is 0 Å². The van der Waals surface area contributed by atoms with E-state index in [0.29, 0.717) is 31.6 Å². The smallest absolute Gasteiger partial charge is 0.254 e. The quantitative estimate of drug-likeness (QED) is 0.580. The van der Waals surface area contributed by atoms with Gasteiger partial charge in [0.25, 0.3) is 5.91 Å². The van der Waals surface area contributed by atoms with Gasteiger partial charge in [0.1, 0.15) is 6.04 Å². The fraction of sp³-hybridized carbons (Fsp3) is 0.192. The summed E-state index contributed by atoms with van der Waals surface area (Å²) in [5.41, 5.74) is 3.74. The van der Waals surface area contributed by atoms with E-state index in [1.165, 1.54) is 0 Å². The number of pyridine rings is 1. The molecule has 31 heavy (non-hydrogen) atoms. The molecule has 0 bridgehead atoms. The first kappa shape index (κ1) is 20.5. The number of hydrogen-bond acceptors (Lipinski definition) is 3. The second kappa shape index (κ2) is 9.39. The predicted molar refractivity (Wildman–Crippen MR) is 121 cm³/mol. The van der Waals surface area contributed by atoms with Crippen LogP contribution in [-0.4, -0.2) is 52.3 Å². The van der Waals surface area contributed by atoms with Crippen molar-refractivity contribution in [2.45, 2.75) is 12.5 Å². The molecule has 1 aliphatic rings. The number of amides is 2. The van der Waals surface area contributed by atoms with E-state index in [9.17, 15) is 9.59 Å². The maximum Gasteiger partial charge on any atom is 0.254 e. The molecule has 1 aliphatic heterocycles. The van der Waals surface area contributed by atoms with Crippen LogP contribution in [0, 0.1) is 0 Å². The average Bonchev–Trinajstić information content (AvgIpc) is 2.83. The number of aromatic nitrogens is 1. The molecule has 1 unspecified atom stereocenters. The first-order chi connectivity index (χ1) is 15.2. The van der Waals surface area contributed by atoms with Crippen LogP contribution in [0.1, 0.15) is 15.9 Å². The number of rotatable bonds is 6.